The first-order valence-electron chi connectivity index (χ1n) is 5.53. The van der Waals surface area contributed by atoms with Crippen LogP contribution >= 0.6 is 23.2 Å². The van der Waals surface area contributed by atoms with E-state index in [0.717, 1.165) is 17.9 Å². The van der Waals surface area contributed by atoms with Crippen molar-refractivity contribution in [3.8, 4) is 11.5 Å². The molecule has 0 unspecified atom stereocenters. The molecular formula is C13H18Cl2O2. The second kappa shape index (κ2) is 6.97. The van der Waals surface area contributed by atoms with Crippen LogP contribution in [-0.2, 0) is 0 Å². The van der Waals surface area contributed by atoms with Gasteiger partial charge in [0, 0.05) is 11.8 Å². The summed E-state index contributed by atoms with van der Waals surface area (Å²) in [7, 11) is 1.63. The molecule has 17 heavy (non-hydrogen) atoms. The van der Waals surface area contributed by atoms with Gasteiger partial charge in [-0.05, 0) is 24.0 Å². The predicted molar refractivity (Wildman–Crippen MR) is 72.7 cm³/mol. The Morgan fingerprint density at radius 1 is 1.12 bits per heavy atom. The van der Waals surface area contributed by atoms with E-state index < -0.39 is 0 Å². The number of halogens is 2. The first kappa shape index (κ1) is 14.5. The third-order valence-corrected chi connectivity index (χ3v) is 3.97. The van der Waals surface area contributed by atoms with Crippen LogP contribution in [0.2, 0.25) is 0 Å². The zero-order chi connectivity index (χ0) is 12.7. The highest BCUT2D eigenvalue weighted by Crippen LogP contribution is 2.28. The number of rotatable bonds is 7. The fraction of sp³-hybridized carbons (Fsp3) is 0.538. The minimum absolute atomic E-state index is 0.0782. The smallest absolute Gasteiger partial charge is 0.161 e. The molecule has 1 aromatic carbocycles. The molecule has 4 heteroatoms. The molecule has 0 saturated carbocycles. The van der Waals surface area contributed by atoms with Gasteiger partial charge in [0.1, 0.15) is 0 Å². The van der Waals surface area contributed by atoms with Crippen molar-refractivity contribution in [3.05, 3.63) is 24.3 Å². The van der Waals surface area contributed by atoms with Crippen LogP contribution in [0.1, 0.15) is 13.3 Å². The first-order valence-corrected chi connectivity index (χ1v) is 6.60. The highest BCUT2D eigenvalue weighted by atomic mass is 35.5. The number of hydrogen-bond donors (Lipinski definition) is 0. The molecule has 96 valence electrons. The molecule has 1 rings (SSSR count). The van der Waals surface area contributed by atoms with Gasteiger partial charge < -0.3 is 9.47 Å². The molecule has 0 radical (unpaired) electrons. The molecule has 2 nitrogen and oxygen atoms in total. The number of para-hydroxylation sites is 2. The summed E-state index contributed by atoms with van der Waals surface area (Å²) >= 11 is 11.8. The van der Waals surface area contributed by atoms with Crippen molar-refractivity contribution in [1.82, 2.24) is 0 Å². The van der Waals surface area contributed by atoms with Gasteiger partial charge in [-0.2, -0.15) is 0 Å². The Balaban J connectivity index is 2.51. The van der Waals surface area contributed by atoms with E-state index in [1.165, 1.54) is 0 Å². The summed E-state index contributed by atoms with van der Waals surface area (Å²) in [4.78, 5) is 0. The molecule has 0 heterocycles. The van der Waals surface area contributed by atoms with Gasteiger partial charge in [-0.3, -0.25) is 0 Å². The molecular weight excluding hydrogens is 259 g/mol. The molecule has 0 aliphatic carbocycles. The lowest BCUT2D eigenvalue weighted by Crippen LogP contribution is -2.23. The Hall–Kier alpha value is -0.600. The highest BCUT2D eigenvalue weighted by molar-refractivity contribution is 6.21. The van der Waals surface area contributed by atoms with Crippen LogP contribution in [0, 0.1) is 5.41 Å². The molecule has 0 aliphatic rings. The van der Waals surface area contributed by atoms with Gasteiger partial charge >= 0.3 is 0 Å². The maximum Gasteiger partial charge on any atom is 0.161 e. The summed E-state index contributed by atoms with van der Waals surface area (Å²) in [6.07, 6.45) is 0.818. The number of benzene rings is 1. The molecule has 0 spiro atoms. The van der Waals surface area contributed by atoms with E-state index in [9.17, 15) is 0 Å². The number of ether oxygens (including phenoxy) is 2. The molecule has 0 atom stereocenters. The summed E-state index contributed by atoms with van der Waals surface area (Å²) in [5.74, 6) is 2.56. The van der Waals surface area contributed by atoms with E-state index in [1.54, 1.807) is 7.11 Å². The van der Waals surface area contributed by atoms with Crippen molar-refractivity contribution >= 4 is 23.2 Å². The lowest BCUT2D eigenvalue weighted by atomic mass is 9.92. The van der Waals surface area contributed by atoms with E-state index in [1.807, 2.05) is 24.3 Å². The molecule has 0 aromatic heterocycles. The van der Waals surface area contributed by atoms with Gasteiger partial charge in [-0.25, -0.2) is 0 Å². The summed E-state index contributed by atoms with van der Waals surface area (Å²) in [6.45, 7) is 2.63. The van der Waals surface area contributed by atoms with E-state index in [0.29, 0.717) is 18.4 Å². The minimum Gasteiger partial charge on any atom is -0.493 e. The fourth-order valence-corrected chi connectivity index (χ4v) is 1.87. The van der Waals surface area contributed by atoms with E-state index >= 15 is 0 Å². The molecule has 1 aromatic rings. The molecule has 0 N–H and O–H groups in total. The van der Waals surface area contributed by atoms with Crippen LogP contribution in [0.4, 0.5) is 0 Å². The predicted octanol–water partition coefficient (Wildman–Crippen LogP) is 3.95. The van der Waals surface area contributed by atoms with Crippen molar-refractivity contribution in [2.45, 2.75) is 13.3 Å². The van der Waals surface area contributed by atoms with Crippen molar-refractivity contribution in [1.29, 1.82) is 0 Å². The lowest BCUT2D eigenvalue weighted by molar-refractivity contribution is 0.238. The molecule has 0 bridgehead atoms. The van der Waals surface area contributed by atoms with Crippen LogP contribution in [-0.4, -0.2) is 25.5 Å². The normalized spacial score (nSPS) is 11.3. The standard InChI is InChI=1S/C13H18Cl2O2/c1-13(9-14,10-15)7-8-17-12-6-4-3-5-11(12)16-2/h3-6H,7-10H2,1-2H3. The van der Waals surface area contributed by atoms with Crippen LogP contribution in [0.5, 0.6) is 11.5 Å². The molecule has 0 amide bonds. The van der Waals surface area contributed by atoms with Crippen LogP contribution < -0.4 is 9.47 Å². The van der Waals surface area contributed by atoms with Gasteiger partial charge in [0.15, 0.2) is 11.5 Å². The van der Waals surface area contributed by atoms with Crippen LogP contribution in [0.15, 0.2) is 24.3 Å². The Morgan fingerprint density at radius 2 is 1.71 bits per heavy atom. The van der Waals surface area contributed by atoms with Crippen molar-refractivity contribution in [2.75, 3.05) is 25.5 Å². The average molecular weight is 277 g/mol. The van der Waals surface area contributed by atoms with Crippen molar-refractivity contribution in [3.63, 3.8) is 0 Å². The van der Waals surface area contributed by atoms with Gasteiger partial charge in [0.2, 0.25) is 0 Å². The Bertz CT molecular complexity index is 338. The SMILES string of the molecule is COc1ccccc1OCCC(C)(CCl)CCl. The third kappa shape index (κ3) is 4.29. The zero-order valence-corrected chi connectivity index (χ0v) is 11.7. The third-order valence-electron chi connectivity index (χ3n) is 2.68. The Labute approximate surface area is 113 Å². The van der Waals surface area contributed by atoms with E-state index in [2.05, 4.69) is 6.92 Å². The zero-order valence-electron chi connectivity index (χ0n) is 10.2. The number of hydrogen-bond acceptors (Lipinski definition) is 2. The Morgan fingerprint density at radius 3 is 2.24 bits per heavy atom. The quantitative estimate of drug-likeness (QED) is 0.703. The second-order valence-corrected chi connectivity index (χ2v) is 4.86. The van der Waals surface area contributed by atoms with E-state index in [-0.39, 0.29) is 5.41 Å². The summed E-state index contributed by atoms with van der Waals surface area (Å²) in [5.41, 5.74) is -0.0782. The van der Waals surface area contributed by atoms with Crippen molar-refractivity contribution < 1.29 is 9.47 Å². The maximum atomic E-state index is 5.88. The van der Waals surface area contributed by atoms with Gasteiger partial charge in [0.05, 0.1) is 13.7 Å². The minimum atomic E-state index is -0.0782. The number of alkyl halides is 2. The van der Waals surface area contributed by atoms with Gasteiger partial charge in [-0.1, -0.05) is 19.1 Å². The van der Waals surface area contributed by atoms with Crippen LogP contribution in [0.3, 0.4) is 0 Å². The summed E-state index contributed by atoms with van der Waals surface area (Å²) in [6, 6.07) is 7.59. The number of methoxy groups -OCH3 is 1. The maximum absolute atomic E-state index is 5.88. The molecule has 0 saturated heterocycles. The molecule has 0 aliphatic heterocycles. The fourth-order valence-electron chi connectivity index (χ4n) is 1.31. The van der Waals surface area contributed by atoms with Gasteiger partial charge in [-0.15, -0.1) is 23.2 Å². The lowest BCUT2D eigenvalue weighted by Gasteiger charge is -2.24. The second-order valence-electron chi connectivity index (χ2n) is 4.33. The average Bonchev–Trinajstić information content (AvgIpc) is 2.39. The largest absolute Gasteiger partial charge is 0.493 e. The van der Waals surface area contributed by atoms with Gasteiger partial charge in [0.25, 0.3) is 0 Å². The highest BCUT2D eigenvalue weighted by Gasteiger charge is 2.22. The van der Waals surface area contributed by atoms with E-state index in [4.69, 9.17) is 32.7 Å². The summed E-state index contributed by atoms with van der Waals surface area (Å²) < 4.78 is 10.9. The topological polar surface area (TPSA) is 18.5 Å². The molecule has 0 fully saturated rings. The van der Waals surface area contributed by atoms with Crippen LogP contribution in [0.25, 0.3) is 0 Å². The Kier molecular flexibility index (Phi) is 5.93. The summed E-state index contributed by atoms with van der Waals surface area (Å²) in [5, 5.41) is 0. The van der Waals surface area contributed by atoms with Crippen molar-refractivity contribution in [2.24, 2.45) is 5.41 Å². The first-order chi connectivity index (χ1) is 8.15. The monoisotopic (exact) mass is 276 g/mol.